The van der Waals surface area contributed by atoms with Gasteiger partial charge in [-0.3, -0.25) is 9.59 Å². The number of anilines is 1. The van der Waals surface area contributed by atoms with E-state index in [0.717, 1.165) is 0 Å². The van der Waals surface area contributed by atoms with Crippen molar-refractivity contribution in [2.24, 2.45) is 0 Å². The Morgan fingerprint density at radius 3 is 2.41 bits per heavy atom. The summed E-state index contributed by atoms with van der Waals surface area (Å²) in [7, 11) is 2.96. The summed E-state index contributed by atoms with van der Waals surface area (Å²) < 4.78 is 44.7. The lowest BCUT2D eigenvalue weighted by Gasteiger charge is -2.16. The first-order valence-corrected chi connectivity index (χ1v) is 8.59. The molecule has 7 nitrogen and oxygen atoms in total. The molecule has 0 aliphatic rings. The molecule has 0 unspecified atom stereocenters. The predicted molar refractivity (Wildman–Crippen MR) is 101 cm³/mol. The summed E-state index contributed by atoms with van der Waals surface area (Å²) in [4.78, 5) is 24.5. The number of nitrogens with one attached hydrogen (secondary N) is 1. The monoisotopic (exact) mass is 409 g/mol. The number of amides is 1. The number of carbonyl (C=O) groups excluding carboxylic acids is 2. The number of ether oxygens (including phenoxy) is 4. The summed E-state index contributed by atoms with van der Waals surface area (Å²) in [6.07, 6.45) is -1.29. The van der Waals surface area contributed by atoms with Gasteiger partial charge in [0.25, 0.3) is 5.91 Å². The first-order valence-electron chi connectivity index (χ1n) is 8.59. The molecule has 9 heteroatoms. The Labute approximate surface area is 166 Å². The molecule has 0 radical (unpaired) electrons. The Hall–Kier alpha value is -3.36. The molecule has 1 amide bonds. The molecule has 2 rings (SSSR count). The third kappa shape index (κ3) is 6.34. The third-order valence-corrected chi connectivity index (χ3v) is 3.87. The standard InChI is InChI=1S/C20H21F2NO6/c1-12(19(25)23-15-6-4-5-7-16(15)29-20(21)22)28-18(24)10-13-8-9-14(26-2)11-17(13)27-3/h4-9,11-12,20H,10H2,1-3H3,(H,23,25)/t12-/m1/s1. The van der Waals surface area contributed by atoms with Gasteiger partial charge in [-0.25, -0.2) is 0 Å². The number of para-hydroxylation sites is 2. The largest absolute Gasteiger partial charge is 0.497 e. The molecule has 1 N–H and O–H groups in total. The van der Waals surface area contributed by atoms with Crippen molar-refractivity contribution in [3.63, 3.8) is 0 Å². The van der Waals surface area contributed by atoms with E-state index in [-0.39, 0.29) is 17.9 Å². The van der Waals surface area contributed by atoms with Crippen molar-refractivity contribution in [1.82, 2.24) is 0 Å². The van der Waals surface area contributed by atoms with Crippen LogP contribution >= 0.6 is 0 Å². The van der Waals surface area contributed by atoms with Gasteiger partial charge in [0.15, 0.2) is 6.10 Å². The second-order valence-electron chi connectivity index (χ2n) is 5.85. The highest BCUT2D eigenvalue weighted by molar-refractivity contribution is 5.96. The third-order valence-electron chi connectivity index (χ3n) is 3.87. The fraction of sp³-hybridized carbons (Fsp3) is 0.300. The van der Waals surface area contributed by atoms with Crippen molar-refractivity contribution >= 4 is 17.6 Å². The minimum atomic E-state index is -3.04. The Balaban J connectivity index is 1.99. The van der Waals surface area contributed by atoms with Crippen molar-refractivity contribution < 1.29 is 37.3 Å². The molecule has 0 aromatic heterocycles. The highest BCUT2D eigenvalue weighted by Gasteiger charge is 2.21. The van der Waals surface area contributed by atoms with Gasteiger partial charge in [-0.1, -0.05) is 18.2 Å². The van der Waals surface area contributed by atoms with Gasteiger partial charge < -0.3 is 24.3 Å². The zero-order valence-corrected chi connectivity index (χ0v) is 16.1. The molecular weight excluding hydrogens is 388 g/mol. The van der Waals surface area contributed by atoms with E-state index >= 15 is 0 Å². The van der Waals surface area contributed by atoms with Crippen LogP contribution in [0.5, 0.6) is 17.2 Å². The molecule has 0 spiro atoms. The SMILES string of the molecule is COc1ccc(CC(=O)O[C@H](C)C(=O)Nc2ccccc2OC(F)F)c(OC)c1. The Bertz CT molecular complexity index is 859. The summed E-state index contributed by atoms with van der Waals surface area (Å²) in [6, 6.07) is 10.7. The van der Waals surface area contributed by atoms with Crippen LogP contribution in [0.1, 0.15) is 12.5 Å². The van der Waals surface area contributed by atoms with Crippen LogP contribution in [0, 0.1) is 0 Å². The van der Waals surface area contributed by atoms with E-state index in [4.69, 9.17) is 14.2 Å². The van der Waals surface area contributed by atoms with Gasteiger partial charge in [0.1, 0.15) is 17.2 Å². The van der Waals surface area contributed by atoms with Gasteiger partial charge in [0, 0.05) is 11.6 Å². The molecular formula is C20H21F2NO6. The lowest BCUT2D eigenvalue weighted by Crippen LogP contribution is -2.30. The van der Waals surface area contributed by atoms with Crippen molar-refractivity contribution in [1.29, 1.82) is 0 Å². The molecule has 0 bridgehead atoms. The van der Waals surface area contributed by atoms with Crippen molar-refractivity contribution in [3.8, 4) is 17.2 Å². The van der Waals surface area contributed by atoms with Crippen LogP contribution in [0.25, 0.3) is 0 Å². The Morgan fingerprint density at radius 2 is 1.76 bits per heavy atom. The molecule has 0 heterocycles. The number of benzene rings is 2. The van der Waals surface area contributed by atoms with E-state index in [9.17, 15) is 18.4 Å². The highest BCUT2D eigenvalue weighted by Crippen LogP contribution is 2.27. The zero-order chi connectivity index (χ0) is 21.4. The summed E-state index contributed by atoms with van der Waals surface area (Å²) >= 11 is 0. The molecule has 0 fully saturated rings. The minimum Gasteiger partial charge on any atom is -0.497 e. The van der Waals surface area contributed by atoms with Crippen LogP contribution in [0.15, 0.2) is 42.5 Å². The number of carbonyl (C=O) groups is 2. The Kier molecular flexibility index (Phi) is 7.76. The predicted octanol–water partition coefficient (Wildman–Crippen LogP) is 3.42. The molecule has 2 aromatic carbocycles. The van der Waals surface area contributed by atoms with Gasteiger partial charge in [-0.15, -0.1) is 0 Å². The van der Waals surface area contributed by atoms with Crippen molar-refractivity contribution in [2.75, 3.05) is 19.5 Å². The quantitative estimate of drug-likeness (QED) is 0.639. The fourth-order valence-electron chi connectivity index (χ4n) is 2.45. The normalized spacial score (nSPS) is 11.5. The second kappa shape index (κ2) is 10.3. The summed E-state index contributed by atoms with van der Waals surface area (Å²) in [5, 5.41) is 2.41. The fourth-order valence-corrected chi connectivity index (χ4v) is 2.45. The van der Waals surface area contributed by atoms with Gasteiger partial charge in [0.05, 0.1) is 26.3 Å². The highest BCUT2D eigenvalue weighted by atomic mass is 19.3. The number of alkyl halides is 2. The van der Waals surface area contributed by atoms with Gasteiger partial charge in [-0.05, 0) is 25.1 Å². The van der Waals surface area contributed by atoms with Crippen molar-refractivity contribution in [2.45, 2.75) is 26.1 Å². The maximum Gasteiger partial charge on any atom is 0.387 e. The number of hydrogen-bond acceptors (Lipinski definition) is 6. The van der Waals surface area contributed by atoms with E-state index in [1.165, 1.54) is 39.3 Å². The second-order valence-corrected chi connectivity index (χ2v) is 5.85. The molecule has 156 valence electrons. The van der Waals surface area contributed by atoms with Gasteiger partial charge >= 0.3 is 12.6 Å². The van der Waals surface area contributed by atoms with Crippen molar-refractivity contribution in [3.05, 3.63) is 48.0 Å². The van der Waals surface area contributed by atoms with E-state index < -0.39 is 24.6 Å². The summed E-state index contributed by atoms with van der Waals surface area (Å²) in [5.74, 6) is -0.538. The topological polar surface area (TPSA) is 83.1 Å². The maximum atomic E-state index is 12.5. The van der Waals surface area contributed by atoms with Crippen LogP contribution < -0.4 is 19.5 Å². The van der Waals surface area contributed by atoms with Crippen LogP contribution in [0.3, 0.4) is 0 Å². The Morgan fingerprint density at radius 1 is 1.03 bits per heavy atom. The summed E-state index contributed by atoms with van der Waals surface area (Å²) in [5.41, 5.74) is 0.596. The van der Waals surface area contributed by atoms with Crippen LogP contribution in [-0.4, -0.2) is 38.8 Å². The van der Waals surface area contributed by atoms with E-state index in [1.54, 1.807) is 24.3 Å². The first kappa shape index (κ1) is 21.9. The zero-order valence-electron chi connectivity index (χ0n) is 16.1. The van der Waals surface area contributed by atoms with Crippen LogP contribution in [0.2, 0.25) is 0 Å². The molecule has 0 saturated carbocycles. The van der Waals surface area contributed by atoms with E-state index in [1.807, 2.05) is 0 Å². The maximum absolute atomic E-state index is 12.5. The number of methoxy groups -OCH3 is 2. The minimum absolute atomic E-state index is 0.0394. The van der Waals surface area contributed by atoms with Crippen LogP contribution in [0.4, 0.5) is 14.5 Å². The molecule has 0 saturated heterocycles. The van der Waals surface area contributed by atoms with E-state index in [2.05, 4.69) is 10.1 Å². The first-order chi connectivity index (χ1) is 13.8. The lowest BCUT2D eigenvalue weighted by molar-refractivity contribution is -0.152. The summed E-state index contributed by atoms with van der Waals surface area (Å²) in [6.45, 7) is -1.67. The van der Waals surface area contributed by atoms with E-state index in [0.29, 0.717) is 17.1 Å². The molecule has 0 aliphatic heterocycles. The smallest absolute Gasteiger partial charge is 0.387 e. The number of rotatable bonds is 9. The molecule has 1 atom stereocenters. The average molecular weight is 409 g/mol. The van der Waals surface area contributed by atoms with Gasteiger partial charge in [0.2, 0.25) is 0 Å². The molecule has 29 heavy (non-hydrogen) atoms. The van der Waals surface area contributed by atoms with Gasteiger partial charge in [-0.2, -0.15) is 8.78 Å². The average Bonchev–Trinajstić information content (AvgIpc) is 2.69. The molecule has 2 aromatic rings. The van der Waals surface area contributed by atoms with Crippen LogP contribution in [-0.2, 0) is 20.7 Å². The number of halogens is 2. The molecule has 0 aliphatic carbocycles. The number of hydrogen-bond donors (Lipinski definition) is 1. The number of esters is 1. The lowest BCUT2D eigenvalue weighted by atomic mass is 10.1.